The molecule has 0 aliphatic heterocycles. The van der Waals surface area contributed by atoms with E-state index >= 15 is 0 Å². The summed E-state index contributed by atoms with van der Waals surface area (Å²) in [4.78, 5) is 47.1. The van der Waals surface area contributed by atoms with Crippen LogP contribution in [-0.4, -0.2) is 49.7 Å². The Morgan fingerprint density at radius 2 is 1.90 bits per heavy atom. The third-order valence-corrected chi connectivity index (χ3v) is 8.70. The molecule has 0 saturated heterocycles. The van der Waals surface area contributed by atoms with E-state index in [1.165, 1.54) is 0 Å². The van der Waals surface area contributed by atoms with E-state index in [0.717, 1.165) is 16.6 Å². The number of rotatable bonds is 10. The topological polar surface area (TPSA) is 186 Å². The van der Waals surface area contributed by atoms with Crippen LogP contribution < -0.4 is 16.0 Å². The van der Waals surface area contributed by atoms with Crippen LogP contribution in [0.15, 0.2) is 16.7 Å². The van der Waals surface area contributed by atoms with Crippen LogP contribution in [0.25, 0.3) is 10.9 Å². The van der Waals surface area contributed by atoms with Crippen molar-refractivity contribution < 1.29 is 24.0 Å². The van der Waals surface area contributed by atoms with E-state index in [1.54, 1.807) is 19.1 Å². The lowest BCUT2D eigenvalue weighted by Gasteiger charge is -2.39. The van der Waals surface area contributed by atoms with Crippen LogP contribution in [0.4, 0.5) is 4.79 Å². The first-order chi connectivity index (χ1) is 19.9. The number of nitrogens with zero attached hydrogens (tertiary/aromatic N) is 3. The zero-order valence-electron chi connectivity index (χ0n) is 23.7. The number of nitrogens with one attached hydrogen (secondary N) is 4. The van der Waals surface area contributed by atoms with Crippen LogP contribution >= 0.6 is 23.2 Å². The van der Waals surface area contributed by atoms with Crippen LogP contribution in [0.1, 0.15) is 76.0 Å². The molecule has 42 heavy (non-hydrogen) atoms. The summed E-state index contributed by atoms with van der Waals surface area (Å²) in [7, 11) is 0. The minimum Gasteiger partial charge on any atom is -0.465 e. The van der Waals surface area contributed by atoms with Crippen LogP contribution in [0.3, 0.4) is 0 Å². The van der Waals surface area contributed by atoms with Gasteiger partial charge in [-0.25, -0.2) is 4.79 Å². The molecular formula is C28H33Cl2N7O5. The summed E-state index contributed by atoms with van der Waals surface area (Å²) < 4.78 is 5.30. The van der Waals surface area contributed by atoms with Crippen LogP contribution in [0.5, 0.6) is 0 Å². The van der Waals surface area contributed by atoms with Crippen molar-refractivity contribution in [1.82, 2.24) is 31.1 Å². The molecule has 5 atom stereocenters. The standard InChI is InChI=1S/C28H33Cl2N7O5/c1-5-13(3)21(35-27(40)41)24(38)36-28(26(39)34-22(14(4)6-2)25-33-20(12-31)37-42-25)8-7-19-17(11-28)16-9-15(29)10-18(30)23(16)32-19/h9-10,13-14,21-22,32,35H,5-8,11H2,1-4H3,(H,34,39)(H,36,38)(H,40,41)/t13?,14?,21-,22-,28+/m0/s1. The highest BCUT2D eigenvalue weighted by molar-refractivity contribution is 6.38. The van der Waals surface area contributed by atoms with E-state index in [1.807, 2.05) is 26.8 Å². The van der Waals surface area contributed by atoms with Crippen molar-refractivity contribution in [2.24, 2.45) is 11.8 Å². The van der Waals surface area contributed by atoms with Crippen LogP contribution in [0, 0.1) is 23.2 Å². The average Bonchev–Trinajstić information content (AvgIpc) is 3.58. The Hall–Kier alpha value is -3.82. The summed E-state index contributed by atoms with van der Waals surface area (Å²) in [5.74, 6) is -1.73. The quantitative estimate of drug-likeness (QED) is 0.217. The number of amides is 3. The third kappa shape index (κ3) is 6.17. The number of fused-ring (bicyclic) bond motifs is 3. The number of carbonyl (C=O) groups is 3. The molecule has 0 radical (unpaired) electrons. The number of carboxylic acid groups (broad SMARTS) is 1. The Morgan fingerprint density at radius 1 is 1.19 bits per heavy atom. The van der Waals surface area contributed by atoms with Crippen molar-refractivity contribution in [3.8, 4) is 6.07 Å². The predicted molar refractivity (Wildman–Crippen MR) is 155 cm³/mol. The van der Waals surface area contributed by atoms with Crippen molar-refractivity contribution in [3.05, 3.63) is 45.2 Å². The Labute approximate surface area is 252 Å². The third-order valence-electron chi connectivity index (χ3n) is 8.18. The van der Waals surface area contributed by atoms with Crippen molar-refractivity contribution in [2.75, 3.05) is 0 Å². The lowest BCUT2D eigenvalue weighted by molar-refractivity contribution is -0.136. The van der Waals surface area contributed by atoms with Crippen LogP contribution in [-0.2, 0) is 22.4 Å². The number of aryl methyl sites for hydroxylation is 1. The van der Waals surface area contributed by atoms with Gasteiger partial charge in [-0.2, -0.15) is 10.2 Å². The molecule has 1 aromatic carbocycles. The Kier molecular flexibility index (Phi) is 9.33. The molecular weight excluding hydrogens is 585 g/mol. The van der Waals surface area contributed by atoms with Crippen LogP contribution in [0.2, 0.25) is 10.0 Å². The molecule has 12 nitrogen and oxygen atoms in total. The summed E-state index contributed by atoms with van der Waals surface area (Å²) in [6.07, 6.45) is 0.488. The molecule has 3 amide bonds. The van der Waals surface area contributed by atoms with E-state index in [9.17, 15) is 24.8 Å². The lowest BCUT2D eigenvalue weighted by Crippen LogP contribution is -2.65. The number of hydrogen-bond acceptors (Lipinski definition) is 7. The number of aromatic nitrogens is 3. The van der Waals surface area contributed by atoms with Gasteiger partial charge < -0.3 is 30.6 Å². The van der Waals surface area contributed by atoms with Crippen molar-refractivity contribution in [3.63, 3.8) is 0 Å². The highest BCUT2D eigenvalue weighted by Gasteiger charge is 2.47. The van der Waals surface area contributed by atoms with E-state index < -0.39 is 35.5 Å². The highest BCUT2D eigenvalue weighted by Crippen LogP contribution is 2.39. The maximum atomic E-state index is 14.3. The van der Waals surface area contributed by atoms with Gasteiger partial charge in [0.2, 0.25) is 17.7 Å². The fourth-order valence-electron chi connectivity index (χ4n) is 5.35. The predicted octanol–water partition coefficient (Wildman–Crippen LogP) is 4.66. The number of carbonyl (C=O) groups excluding carboxylic acids is 2. The highest BCUT2D eigenvalue weighted by atomic mass is 35.5. The molecule has 0 saturated carbocycles. The normalized spacial score (nSPS) is 19.2. The van der Waals surface area contributed by atoms with Gasteiger partial charge in [0.15, 0.2) is 0 Å². The average molecular weight is 619 g/mol. The fraction of sp³-hybridized carbons (Fsp3) is 0.500. The summed E-state index contributed by atoms with van der Waals surface area (Å²) in [5.41, 5.74) is 0.824. The van der Waals surface area contributed by atoms with Gasteiger partial charge in [0.1, 0.15) is 23.7 Å². The summed E-state index contributed by atoms with van der Waals surface area (Å²) >= 11 is 12.8. The maximum Gasteiger partial charge on any atom is 0.405 e. The smallest absolute Gasteiger partial charge is 0.405 e. The SMILES string of the molecule is CCC(C)[C@H](NC(=O)O)C(=O)N[C@]1(C(=O)N[C@H](c2nc(C#N)no2)C(C)CC)CCc2[nH]c3c(Cl)cc(Cl)cc3c2C1. The molecule has 0 fully saturated rings. The lowest BCUT2D eigenvalue weighted by atomic mass is 9.78. The molecule has 2 unspecified atom stereocenters. The van der Waals surface area contributed by atoms with Gasteiger partial charge in [0.05, 0.1) is 10.5 Å². The number of halogens is 2. The number of hydrogen-bond donors (Lipinski definition) is 5. The molecule has 4 rings (SSSR count). The maximum absolute atomic E-state index is 14.3. The molecule has 224 valence electrons. The van der Waals surface area contributed by atoms with Crippen molar-refractivity contribution >= 4 is 52.0 Å². The minimum atomic E-state index is -1.48. The van der Waals surface area contributed by atoms with Gasteiger partial charge in [-0.15, -0.1) is 0 Å². The van der Waals surface area contributed by atoms with Gasteiger partial charge in [-0.3, -0.25) is 9.59 Å². The Bertz CT molecular complexity index is 1550. The van der Waals surface area contributed by atoms with Crippen molar-refractivity contribution in [2.45, 2.75) is 77.4 Å². The first kappa shape index (κ1) is 31.1. The molecule has 2 heterocycles. The van der Waals surface area contributed by atoms with Gasteiger partial charge in [-0.05, 0) is 47.5 Å². The Morgan fingerprint density at radius 3 is 2.52 bits per heavy atom. The van der Waals surface area contributed by atoms with Crippen molar-refractivity contribution in [1.29, 1.82) is 5.26 Å². The first-order valence-electron chi connectivity index (χ1n) is 13.8. The zero-order valence-corrected chi connectivity index (χ0v) is 25.2. The molecule has 0 spiro atoms. The Balaban J connectivity index is 1.78. The van der Waals surface area contributed by atoms with E-state index in [2.05, 4.69) is 31.1 Å². The number of benzene rings is 1. The molecule has 3 aromatic rings. The van der Waals surface area contributed by atoms with E-state index in [4.69, 9.17) is 27.7 Å². The molecule has 1 aliphatic carbocycles. The fourth-order valence-corrected chi connectivity index (χ4v) is 5.89. The first-order valence-corrected chi connectivity index (χ1v) is 14.5. The van der Waals surface area contributed by atoms with Gasteiger partial charge in [-0.1, -0.05) is 63.7 Å². The minimum absolute atomic E-state index is 0.0721. The van der Waals surface area contributed by atoms with Gasteiger partial charge >= 0.3 is 6.09 Å². The second kappa shape index (κ2) is 12.6. The van der Waals surface area contributed by atoms with E-state index in [0.29, 0.717) is 34.8 Å². The monoisotopic (exact) mass is 617 g/mol. The van der Waals surface area contributed by atoms with E-state index in [-0.39, 0.29) is 36.4 Å². The number of aromatic amines is 1. The number of nitriles is 1. The van der Waals surface area contributed by atoms with Gasteiger partial charge in [0.25, 0.3) is 5.82 Å². The van der Waals surface area contributed by atoms with Gasteiger partial charge in [0, 0.05) is 22.5 Å². The largest absolute Gasteiger partial charge is 0.465 e. The summed E-state index contributed by atoms with van der Waals surface area (Å²) in [5, 5.41) is 32.1. The molecule has 0 bridgehead atoms. The number of H-pyrrole nitrogens is 1. The molecule has 14 heteroatoms. The second-order valence-electron chi connectivity index (χ2n) is 10.9. The molecule has 1 aliphatic rings. The molecule has 5 N–H and O–H groups in total. The summed E-state index contributed by atoms with van der Waals surface area (Å²) in [6, 6.07) is 3.36. The zero-order chi connectivity index (χ0) is 30.8. The second-order valence-corrected chi connectivity index (χ2v) is 11.7. The molecule has 2 aromatic heterocycles. The summed E-state index contributed by atoms with van der Waals surface area (Å²) in [6.45, 7) is 7.44.